The van der Waals surface area contributed by atoms with Crippen molar-refractivity contribution in [3.8, 4) is 0 Å². The summed E-state index contributed by atoms with van der Waals surface area (Å²) in [5.74, 6) is -2.57. The van der Waals surface area contributed by atoms with Crippen LogP contribution in [-0.2, 0) is 23.9 Å². The normalized spacial score (nSPS) is 32.4. The van der Waals surface area contributed by atoms with Crippen molar-refractivity contribution in [3.63, 3.8) is 0 Å². The van der Waals surface area contributed by atoms with Gasteiger partial charge >= 0.3 is 5.97 Å². The summed E-state index contributed by atoms with van der Waals surface area (Å²) in [6, 6.07) is -1.48. The molecular weight excluding hydrogens is 436 g/mol. The van der Waals surface area contributed by atoms with E-state index in [0.717, 1.165) is 19.3 Å². The molecular formula is C26H40N2O6. The van der Waals surface area contributed by atoms with Gasteiger partial charge in [-0.3, -0.25) is 14.4 Å². The molecule has 190 valence electrons. The van der Waals surface area contributed by atoms with Crippen molar-refractivity contribution in [2.45, 2.75) is 82.6 Å². The summed E-state index contributed by atoms with van der Waals surface area (Å²) in [5, 5.41) is 9.94. The molecule has 2 bridgehead atoms. The molecule has 8 nitrogen and oxygen atoms in total. The maximum atomic E-state index is 14.0. The highest BCUT2D eigenvalue weighted by atomic mass is 16.6. The topological polar surface area (TPSA) is 96.4 Å². The monoisotopic (exact) mass is 476 g/mol. The summed E-state index contributed by atoms with van der Waals surface area (Å²) in [5.41, 5.74) is -1.97. The third-order valence-electron chi connectivity index (χ3n) is 7.68. The van der Waals surface area contributed by atoms with Crippen molar-refractivity contribution in [2.75, 3.05) is 26.3 Å². The molecule has 3 rings (SSSR count). The van der Waals surface area contributed by atoms with E-state index in [-0.39, 0.29) is 25.0 Å². The number of likely N-dealkylation sites (tertiary alicyclic amines) is 1. The van der Waals surface area contributed by atoms with Crippen molar-refractivity contribution in [1.29, 1.82) is 0 Å². The fraction of sp³-hybridized carbons (Fsp3) is 0.731. The quantitative estimate of drug-likeness (QED) is 0.249. The van der Waals surface area contributed by atoms with E-state index in [1.807, 2.05) is 6.92 Å². The summed E-state index contributed by atoms with van der Waals surface area (Å²) < 4.78 is 12.1. The van der Waals surface area contributed by atoms with Gasteiger partial charge in [-0.05, 0) is 46.0 Å². The molecule has 6 atom stereocenters. The molecule has 3 heterocycles. The lowest BCUT2D eigenvalue weighted by Gasteiger charge is -2.38. The molecule has 0 aromatic carbocycles. The molecule has 0 radical (unpaired) electrons. The summed E-state index contributed by atoms with van der Waals surface area (Å²) in [4.78, 5) is 44.2. The first-order valence-corrected chi connectivity index (χ1v) is 12.5. The number of carbonyl (C=O) groups is 3. The Morgan fingerprint density at radius 1 is 1.32 bits per heavy atom. The Morgan fingerprint density at radius 2 is 2.06 bits per heavy atom. The molecule has 0 aliphatic carbocycles. The van der Waals surface area contributed by atoms with Crippen molar-refractivity contribution < 1.29 is 29.0 Å². The second kappa shape index (κ2) is 10.6. The molecule has 0 aromatic rings. The van der Waals surface area contributed by atoms with Crippen LogP contribution < -0.4 is 0 Å². The highest BCUT2D eigenvalue weighted by molar-refractivity contribution is 5.98. The number of rotatable bonds is 13. The molecule has 3 aliphatic rings. The molecule has 34 heavy (non-hydrogen) atoms. The van der Waals surface area contributed by atoms with Crippen LogP contribution in [0.2, 0.25) is 0 Å². The van der Waals surface area contributed by atoms with Crippen LogP contribution in [0.1, 0.15) is 59.3 Å². The van der Waals surface area contributed by atoms with Gasteiger partial charge < -0.3 is 24.4 Å². The van der Waals surface area contributed by atoms with E-state index in [9.17, 15) is 19.5 Å². The minimum Gasteiger partial charge on any atom is -0.465 e. The van der Waals surface area contributed by atoms with Crippen LogP contribution in [0.25, 0.3) is 0 Å². The van der Waals surface area contributed by atoms with Gasteiger partial charge in [0.15, 0.2) is 0 Å². The molecule has 3 fully saturated rings. The van der Waals surface area contributed by atoms with Gasteiger partial charge in [0.2, 0.25) is 11.8 Å². The first-order valence-electron chi connectivity index (χ1n) is 12.5. The highest BCUT2D eigenvalue weighted by Gasteiger charge is 2.78. The minimum absolute atomic E-state index is 0.214. The molecule has 2 unspecified atom stereocenters. The first-order chi connectivity index (χ1) is 16.2. The fourth-order valence-electron chi connectivity index (χ4n) is 6.02. The van der Waals surface area contributed by atoms with Crippen LogP contribution >= 0.6 is 0 Å². The lowest BCUT2D eigenvalue weighted by Crippen LogP contribution is -2.58. The fourth-order valence-corrected chi connectivity index (χ4v) is 6.02. The Labute approximate surface area is 202 Å². The second-order valence-electron chi connectivity index (χ2n) is 10.0. The zero-order chi connectivity index (χ0) is 25.1. The van der Waals surface area contributed by atoms with E-state index in [2.05, 4.69) is 20.1 Å². The predicted octanol–water partition coefficient (Wildman–Crippen LogP) is 2.46. The summed E-state index contributed by atoms with van der Waals surface area (Å²) in [6.45, 7) is 13.9. The van der Waals surface area contributed by atoms with Crippen LogP contribution in [0.3, 0.4) is 0 Å². The Morgan fingerprint density at radius 3 is 2.68 bits per heavy atom. The standard InChI is InChI=1S/C26H40N2O6/c1-6-9-11-16-33-24(32)20-19-22(30)28(18(4)17-29)21(26(19)13-12-25(20,5)34-26)23(31)27(14-8-3)15-10-7-2/h6,8,18-21,29H,1,3,7,9-17H2,2,4-5H3/t18-,19+,20+,21?,25-,26?/m1/s1. The predicted molar refractivity (Wildman–Crippen MR) is 128 cm³/mol. The number of hydrogen-bond acceptors (Lipinski definition) is 6. The van der Waals surface area contributed by atoms with Gasteiger partial charge in [-0.15, -0.1) is 13.2 Å². The van der Waals surface area contributed by atoms with Gasteiger partial charge in [0.1, 0.15) is 17.6 Å². The maximum Gasteiger partial charge on any atom is 0.312 e. The number of hydrogen-bond donors (Lipinski definition) is 1. The van der Waals surface area contributed by atoms with E-state index >= 15 is 0 Å². The minimum atomic E-state index is -1.11. The number of amides is 2. The molecule has 3 saturated heterocycles. The Balaban J connectivity index is 1.98. The van der Waals surface area contributed by atoms with E-state index in [4.69, 9.17) is 9.47 Å². The average molecular weight is 477 g/mol. The lowest BCUT2D eigenvalue weighted by atomic mass is 9.66. The molecule has 1 spiro atoms. The van der Waals surface area contributed by atoms with Crippen LogP contribution in [0, 0.1) is 11.8 Å². The van der Waals surface area contributed by atoms with Gasteiger partial charge in [-0.25, -0.2) is 0 Å². The van der Waals surface area contributed by atoms with Crippen molar-refractivity contribution in [1.82, 2.24) is 9.80 Å². The zero-order valence-corrected chi connectivity index (χ0v) is 20.8. The average Bonchev–Trinajstić information content (AvgIpc) is 3.39. The van der Waals surface area contributed by atoms with Gasteiger partial charge in [-0.1, -0.05) is 25.5 Å². The third-order valence-corrected chi connectivity index (χ3v) is 7.68. The Bertz CT molecular complexity index is 815. The molecule has 3 aliphatic heterocycles. The van der Waals surface area contributed by atoms with E-state index < -0.39 is 41.1 Å². The summed E-state index contributed by atoms with van der Waals surface area (Å²) >= 11 is 0. The number of esters is 1. The number of allylic oxidation sites excluding steroid dienone is 1. The van der Waals surface area contributed by atoms with Crippen molar-refractivity contribution in [3.05, 3.63) is 25.3 Å². The number of nitrogens with zero attached hydrogens (tertiary/aromatic N) is 2. The van der Waals surface area contributed by atoms with Crippen LogP contribution in [-0.4, -0.2) is 82.3 Å². The SMILES string of the molecule is C=CCCCOC(=O)[C@@H]1[C@H]2C(=O)N([C@H](C)CO)C(C(=O)N(CC=C)CCCC)C23CC[C@@]1(C)O3. The number of fused-ring (bicyclic) bond motifs is 1. The van der Waals surface area contributed by atoms with E-state index in [1.165, 1.54) is 4.90 Å². The summed E-state index contributed by atoms with van der Waals surface area (Å²) in [6.07, 6.45) is 7.64. The van der Waals surface area contributed by atoms with Gasteiger partial charge in [0, 0.05) is 13.1 Å². The highest BCUT2D eigenvalue weighted by Crippen LogP contribution is 2.63. The Kier molecular flexibility index (Phi) is 8.24. The Hall–Kier alpha value is -2.19. The van der Waals surface area contributed by atoms with Crippen molar-refractivity contribution >= 4 is 17.8 Å². The largest absolute Gasteiger partial charge is 0.465 e. The lowest BCUT2D eigenvalue weighted by molar-refractivity contribution is -0.161. The van der Waals surface area contributed by atoms with Gasteiger partial charge in [-0.2, -0.15) is 0 Å². The van der Waals surface area contributed by atoms with E-state index in [1.54, 1.807) is 24.0 Å². The molecule has 0 saturated carbocycles. The van der Waals surface area contributed by atoms with Gasteiger partial charge in [0.05, 0.1) is 30.8 Å². The molecule has 2 amide bonds. The third kappa shape index (κ3) is 4.31. The van der Waals surface area contributed by atoms with Gasteiger partial charge in [0.25, 0.3) is 0 Å². The smallest absolute Gasteiger partial charge is 0.312 e. The first kappa shape index (κ1) is 26.4. The maximum absolute atomic E-state index is 14.0. The second-order valence-corrected chi connectivity index (χ2v) is 10.0. The number of carbonyl (C=O) groups excluding carboxylic acids is 3. The number of aliphatic hydroxyl groups excluding tert-OH is 1. The van der Waals surface area contributed by atoms with E-state index in [0.29, 0.717) is 32.4 Å². The number of ether oxygens (including phenoxy) is 2. The summed E-state index contributed by atoms with van der Waals surface area (Å²) in [7, 11) is 0. The van der Waals surface area contributed by atoms with Crippen molar-refractivity contribution in [2.24, 2.45) is 11.8 Å². The van der Waals surface area contributed by atoms with Crippen LogP contribution in [0.4, 0.5) is 0 Å². The van der Waals surface area contributed by atoms with Crippen LogP contribution in [0.15, 0.2) is 25.3 Å². The number of unbranched alkanes of at least 4 members (excludes halogenated alkanes) is 2. The molecule has 8 heteroatoms. The molecule has 1 N–H and O–H groups in total. The number of aliphatic hydroxyl groups is 1. The molecule has 0 aromatic heterocycles. The van der Waals surface area contributed by atoms with Crippen LogP contribution in [0.5, 0.6) is 0 Å². The zero-order valence-electron chi connectivity index (χ0n) is 20.8.